The second-order valence-electron chi connectivity index (χ2n) is 4.60. The molecule has 4 heteroatoms. The first kappa shape index (κ1) is 14.7. The van der Waals surface area contributed by atoms with Crippen LogP contribution in [0.15, 0.2) is 34.8 Å². The number of aryl methyl sites for hydroxylation is 2. The number of rotatable bonds is 3. The van der Waals surface area contributed by atoms with Crippen molar-refractivity contribution in [2.24, 2.45) is 0 Å². The summed E-state index contributed by atoms with van der Waals surface area (Å²) in [5.41, 5.74) is 2.42. The Labute approximate surface area is 125 Å². The van der Waals surface area contributed by atoms with Crippen LogP contribution < -0.4 is 4.74 Å². The van der Waals surface area contributed by atoms with E-state index in [9.17, 15) is 9.18 Å². The third-order valence-corrected chi connectivity index (χ3v) is 4.37. The van der Waals surface area contributed by atoms with Crippen molar-refractivity contribution in [3.63, 3.8) is 0 Å². The lowest BCUT2D eigenvalue weighted by molar-refractivity contribution is 0.103. The Morgan fingerprint density at radius 2 is 1.75 bits per heavy atom. The second kappa shape index (κ2) is 5.75. The van der Waals surface area contributed by atoms with E-state index in [1.165, 1.54) is 19.2 Å². The molecular weight excluding hydrogens is 323 g/mol. The second-order valence-corrected chi connectivity index (χ2v) is 5.39. The van der Waals surface area contributed by atoms with Gasteiger partial charge in [0, 0.05) is 16.1 Å². The highest BCUT2D eigenvalue weighted by Crippen LogP contribution is 2.25. The molecule has 0 unspecified atom stereocenters. The van der Waals surface area contributed by atoms with Crippen molar-refractivity contribution in [2.45, 2.75) is 13.8 Å². The van der Waals surface area contributed by atoms with Crippen LogP contribution >= 0.6 is 15.9 Å². The first-order valence-electron chi connectivity index (χ1n) is 6.09. The third-order valence-electron chi connectivity index (χ3n) is 3.12. The number of methoxy groups -OCH3 is 1. The van der Waals surface area contributed by atoms with E-state index in [0.29, 0.717) is 11.3 Å². The average Bonchev–Trinajstić information content (AvgIpc) is 2.43. The number of halogens is 2. The molecular formula is C16H14BrFO2. The van der Waals surface area contributed by atoms with Crippen molar-refractivity contribution in [2.75, 3.05) is 7.11 Å². The Balaban J connectivity index is 2.46. The molecule has 0 aliphatic rings. The molecule has 2 rings (SSSR count). The molecule has 2 aromatic rings. The van der Waals surface area contributed by atoms with Gasteiger partial charge >= 0.3 is 0 Å². The van der Waals surface area contributed by atoms with E-state index < -0.39 is 5.82 Å². The minimum absolute atomic E-state index is 0.0481. The lowest BCUT2D eigenvalue weighted by Gasteiger charge is -2.09. The van der Waals surface area contributed by atoms with Gasteiger partial charge in [-0.25, -0.2) is 4.39 Å². The van der Waals surface area contributed by atoms with Crippen LogP contribution in [0.3, 0.4) is 0 Å². The fourth-order valence-corrected chi connectivity index (χ4v) is 2.27. The van der Waals surface area contributed by atoms with Crippen molar-refractivity contribution < 1.29 is 13.9 Å². The quantitative estimate of drug-likeness (QED) is 0.774. The molecule has 0 spiro atoms. The van der Waals surface area contributed by atoms with Crippen LogP contribution in [-0.4, -0.2) is 12.9 Å². The van der Waals surface area contributed by atoms with Crippen molar-refractivity contribution >= 4 is 21.7 Å². The maximum absolute atomic E-state index is 13.9. The number of ketones is 1. The van der Waals surface area contributed by atoms with E-state index in [1.54, 1.807) is 18.2 Å². The van der Waals surface area contributed by atoms with Crippen LogP contribution in [0, 0.1) is 19.7 Å². The van der Waals surface area contributed by atoms with Crippen molar-refractivity contribution in [1.82, 2.24) is 0 Å². The zero-order valence-electron chi connectivity index (χ0n) is 11.5. The molecule has 0 aliphatic carbocycles. The molecule has 0 saturated heterocycles. The van der Waals surface area contributed by atoms with Gasteiger partial charge in [0.2, 0.25) is 0 Å². The topological polar surface area (TPSA) is 26.3 Å². The number of benzene rings is 2. The Hall–Kier alpha value is -1.68. The van der Waals surface area contributed by atoms with Crippen molar-refractivity contribution in [1.29, 1.82) is 0 Å². The minimum Gasteiger partial charge on any atom is -0.497 e. The van der Waals surface area contributed by atoms with Gasteiger partial charge in [-0.3, -0.25) is 4.79 Å². The molecule has 0 bridgehead atoms. The molecule has 0 amide bonds. The number of carbonyl (C=O) groups is 1. The Kier molecular flexibility index (Phi) is 4.23. The van der Waals surface area contributed by atoms with Gasteiger partial charge in [0.1, 0.15) is 11.6 Å². The summed E-state index contributed by atoms with van der Waals surface area (Å²) in [6.07, 6.45) is 0. The maximum Gasteiger partial charge on any atom is 0.195 e. The monoisotopic (exact) mass is 336 g/mol. The highest BCUT2D eigenvalue weighted by atomic mass is 79.9. The Bertz CT molecular complexity index is 657. The first-order valence-corrected chi connectivity index (χ1v) is 6.88. The van der Waals surface area contributed by atoms with E-state index in [2.05, 4.69) is 15.9 Å². The van der Waals surface area contributed by atoms with Crippen LogP contribution in [0.5, 0.6) is 5.75 Å². The predicted molar refractivity (Wildman–Crippen MR) is 80.0 cm³/mol. The van der Waals surface area contributed by atoms with Crippen molar-refractivity contribution in [3.05, 3.63) is 62.9 Å². The molecule has 0 fully saturated rings. The number of carbonyl (C=O) groups excluding carboxylic acids is 1. The first-order chi connectivity index (χ1) is 9.43. The summed E-state index contributed by atoms with van der Waals surface area (Å²) in [7, 11) is 1.46. The SMILES string of the molecule is COc1ccc(C(=O)c2cc(C)c(Br)c(C)c2)c(F)c1. The zero-order chi connectivity index (χ0) is 14.9. The summed E-state index contributed by atoms with van der Waals surface area (Å²) in [6, 6.07) is 7.75. The average molecular weight is 337 g/mol. The fourth-order valence-electron chi connectivity index (χ4n) is 2.04. The summed E-state index contributed by atoms with van der Waals surface area (Å²) < 4.78 is 19.8. The molecule has 0 radical (unpaired) electrons. The van der Waals surface area contributed by atoms with Gasteiger partial charge in [-0.2, -0.15) is 0 Å². The third kappa shape index (κ3) is 2.75. The van der Waals surface area contributed by atoms with Crippen LogP contribution in [0.1, 0.15) is 27.0 Å². The van der Waals surface area contributed by atoms with E-state index >= 15 is 0 Å². The summed E-state index contributed by atoms with van der Waals surface area (Å²) in [5.74, 6) is -0.515. The zero-order valence-corrected chi connectivity index (χ0v) is 13.0. The smallest absolute Gasteiger partial charge is 0.195 e. The molecule has 0 N–H and O–H groups in total. The molecule has 0 aliphatic heterocycles. The molecule has 0 heterocycles. The van der Waals surface area contributed by atoms with Crippen LogP contribution in [0.4, 0.5) is 4.39 Å². The van der Waals surface area contributed by atoms with Gasteiger partial charge in [0.25, 0.3) is 0 Å². The summed E-state index contributed by atoms with van der Waals surface area (Å²) >= 11 is 3.45. The van der Waals surface area contributed by atoms with E-state index in [-0.39, 0.29) is 11.3 Å². The van der Waals surface area contributed by atoms with Gasteiger partial charge in [-0.05, 0) is 49.2 Å². The predicted octanol–water partition coefficient (Wildman–Crippen LogP) is 4.44. The maximum atomic E-state index is 13.9. The number of hydrogen-bond acceptors (Lipinski definition) is 2. The Morgan fingerprint density at radius 1 is 1.15 bits per heavy atom. The Morgan fingerprint density at radius 3 is 2.25 bits per heavy atom. The summed E-state index contributed by atoms with van der Waals surface area (Å²) in [4.78, 5) is 12.4. The van der Waals surface area contributed by atoms with E-state index in [1.807, 2.05) is 13.8 Å². The van der Waals surface area contributed by atoms with Gasteiger partial charge in [-0.15, -0.1) is 0 Å². The largest absolute Gasteiger partial charge is 0.497 e. The van der Waals surface area contributed by atoms with Gasteiger partial charge < -0.3 is 4.74 Å². The lowest BCUT2D eigenvalue weighted by Crippen LogP contribution is -2.05. The lowest BCUT2D eigenvalue weighted by atomic mass is 9.99. The van der Waals surface area contributed by atoms with E-state index in [4.69, 9.17) is 4.74 Å². The summed E-state index contributed by atoms with van der Waals surface area (Å²) in [5, 5.41) is 0. The minimum atomic E-state index is -0.576. The highest BCUT2D eigenvalue weighted by Gasteiger charge is 2.16. The standard InChI is InChI=1S/C16H14BrFO2/c1-9-6-11(7-10(2)15(9)17)16(19)13-5-4-12(20-3)8-14(13)18/h4-8H,1-3H3. The molecule has 0 aromatic heterocycles. The molecule has 0 saturated carbocycles. The highest BCUT2D eigenvalue weighted by molar-refractivity contribution is 9.10. The van der Waals surface area contributed by atoms with Gasteiger partial charge in [-0.1, -0.05) is 15.9 Å². The van der Waals surface area contributed by atoms with Crippen LogP contribution in [0.2, 0.25) is 0 Å². The number of ether oxygens (including phenoxy) is 1. The summed E-state index contributed by atoms with van der Waals surface area (Å²) in [6.45, 7) is 3.80. The molecule has 104 valence electrons. The molecule has 0 atom stereocenters. The van der Waals surface area contributed by atoms with E-state index in [0.717, 1.165) is 15.6 Å². The van der Waals surface area contributed by atoms with Gasteiger partial charge in [0.15, 0.2) is 5.78 Å². The fraction of sp³-hybridized carbons (Fsp3) is 0.188. The van der Waals surface area contributed by atoms with Crippen LogP contribution in [0.25, 0.3) is 0 Å². The molecule has 2 nitrogen and oxygen atoms in total. The van der Waals surface area contributed by atoms with Crippen LogP contribution in [-0.2, 0) is 0 Å². The molecule has 2 aromatic carbocycles. The number of hydrogen-bond donors (Lipinski definition) is 0. The normalized spacial score (nSPS) is 10.4. The van der Waals surface area contributed by atoms with Gasteiger partial charge in [0.05, 0.1) is 12.7 Å². The van der Waals surface area contributed by atoms with Crippen molar-refractivity contribution in [3.8, 4) is 5.75 Å². The molecule has 20 heavy (non-hydrogen) atoms.